The molecule has 0 saturated carbocycles. The first-order valence-corrected chi connectivity index (χ1v) is 10.1. The van der Waals surface area contributed by atoms with Gasteiger partial charge in [0.05, 0.1) is 31.7 Å². The van der Waals surface area contributed by atoms with Gasteiger partial charge < -0.3 is 20.1 Å². The molecule has 0 amide bonds. The molecule has 4 rings (SSSR count). The van der Waals surface area contributed by atoms with Crippen LogP contribution >= 0.6 is 0 Å². The van der Waals surface area contributed by atoms with Crippen LogP contribution in [0.2, 0.25) is 0 Å². The second-order valence-corrected chi connectivity index (χ2v) is 7.97. The van der Waals surface area contributed by atoms with E-state index in [-0.39, 0.29) is 6.61 Å². The first-order chi connectivity index (χ1) is 15.0. The highest BCUT2D eigenvalue weighted by Gasteiger charge is 2.39. The maximum absolute atomic E-state index is 9.89. The van der Waals surface area contributed by atoms with Crippen LogP contribution in [0.4, 0.5) is 5.82 Å². The summed E-state index contributed by atoms with van der Waals surface area (Å²) in [6.07, 6.45) is 7.47. The van der Waals surface area contributed by atoms with Crippen molar-refractivity contribution in [3.63, 3.8) is 0 Å². The Morgan fingerprint density at radius 2 is 2.13 bits per heavy atom. The quantitative estimate of drug-likeness (QED) is 0.487. The van der Waals surface area contributed by atoms with Gasteiger partial charge in [-0.3, -0.25) is 5.10 Å². The van der Waals surface area contributed by atoms with Crippen molar-refractivity contribution in [2.45, 2.75) is 5.54 Å². The van der Waals surface area contributed by atoms with Crippen molar-refractivity contribution in [3.05, 3.63) is 73.2 Å². The number of aromatic amines is 1. The van der Waals surface area contributed by atoms with E-state index in [1.54, 1.807) is 6.20 Å². The van der Waals surface area contributed by atoms with Crippen molar-refractivity contribution in [3.8, 4) is 22.4 Å². The summed E-state index contributed by atoms with van der Waals surface area (Å²) < 4.78 is 5.34. The molecule has 3 aromatic rings. The first kappa shape index (κ1) is 20.8. The van der Waals surface area contributed by atoms with E-state index in [9.17, 15) is 5.11 Å². The number of ether oxygens (including phenoxy) is 1. The first-order valence-electron chi connectivity index (χ1n) is 10.1. The van der Waals surface area contributed by atoms with Gasteiger partial charge in [-0.05, 0) is 29.3 Å². The molecule has 0 atom stereocenters. The third-order valence-electron chi connectivity index (χ3n) is 5.26. The molecule has 7 nitrogen and oxygen atoms in total. The third kappa shape index (κ3) is 4.38. The van der Waals surface area contributed by atoms with Crippen LogP contribution in [0.1, 0.15) is 5.56 Å². The van der Waals surface area contributed by atoms with Gasteiger partial charge in [-0.2, -0.15) is 5.10 Å². The Balaban J connectivity index is 1.75. The van der Waals surface area contributed by atoms with E-state index in [1.165, 1.54) is 0 Å². The Labute approximate surface area is 182 Å². The van der Waals surface area contributed by atoms with Crippen molar-refractivity contribution in [2.75, 3.05) is 39.2 Å². The SMILES string of the molecule is C=C/C(=C\N(C)C)c1cccc(-c2ccc(-c3cn[nH]c3)c(NC3(CO)COC3)n2)c1. The standard InChI is InChI=1S/C24H27N5O2/c1-4-17(13-29(2)3)18-6-5-7-19(10-18)22-9-8-21(20-11-25-26-12-20)23(27-22)28-24(14-30)15-31-16-24/h4-13,30H,1,14-16H2,2-3H3,(H,25,26)(H,27,28)/b17-13+. The van der Waals surface area contributed by atoms with Gasteiger partial charge in [-0.15, -0.1) is 0 Å². The van der Waals surface area contributed by atoms with Crippen molar-refractivity contribution >= 4 is 11.4 Å². The van der Waals surface area contributed by atoms with E-state index in [4.69, 9.17) is 9.72 Å². The minimum Gasteiger partial charge on any atom is -0.394 e. The molecule has 1 saturated heterocycles. The average molecular weight is 418 g/mol. The molecule has 0 unspecified atom stereocenters. The van der Waals surface area contributed by atoms with E-state index in [0.29, 0.717) is 19.0 Å². The molecular weight excluding hydrogens is 390 g/mol. The molecule has 0 radical (unpaired) electrons. The number of hydrogen-bond donors (Lipinski definition) is 3. The molecule has 1 fully saturated rings. The monoisotopic (exact) mass is 417 g/mol. The zero-order chi connectivity index (χ0) is 21.8. The van der Waals surface area contributed by atoms with Gasteiger partial charge >= 0.3 is 0 Å². The van der Waals surface area contributed by atoms with E-state index in [1.807, 2.05) is 61.7 Å². The number of aliphatic hydroxyl groups excluding tert-OH is 1. The molecule has 1 aromatic carbocycles. The predicted molar refractivity (Wildman–Crippen MR) is 123 cm³/mol. The molecule has 7 heteroatoms. The lowest BCUT2D eigenvalue weighted by Gasteiger charge is -2.41. The highest BCUT2D eigenvalue weighted by molar-refractivity contribution is 5.80. The molecule has 31 heavy (non-hydrogen) atoms. The average Bonchev–Trinajstić information content (AvgIpc) is 3.29. The van der Waals surface area contributed by atoms with Crippen molar-refractivity contribution in [1.82, 2.24) is 20.1 Å². The van der Waals surface area contributed by atoms with Crippen molar-refractivity contribution in [1.29, 1.82) is 0 Å². The topological polar surface area (TPSA) is 86.3 Å². The number of rotatable bonds is 8. The summed E-state index contributed by atoms with van der Waals surface area (Å²) in [4.78, 5) is 6.92. The summed E-state index contributed by atoms with van der Waals surface area (Å²) >= 11 is 0. The molecule has 1 aliphatic heterocycles. The van der Waals surface area contributed by atoms with Gasteiger partial charge in [-0.25, -0.2) is 4.98 Å². The van der Waals surface area contributed by atoms with Gasteiger partial charge in [0.1, 0.15) is 11.4 Å². The molecule has 3 heterocycles. The Kier molecular flexibility index (Phi) is 5.88. The number of H-pyrrole nitrogens is 1. The van der Waals surface area contributed by atoms with Crippen molar-refractivity contribution < 1.29 is 9.84 Å². The number of hydrogen-bond acceptors (Lipinski definition) is 6. The van der Waals surface area contributed by atoms with E-state index < -0.39 is 5.54 Å². The van der Waals surface area contributed by atoms with Crippen LogP contribution < -0.4 is 5.32 Å². The molecule has 0 spiro atoms. The molecule has 2 aromatic heterocycles. The lowest BCUT2D eigenvalue weighted by molar-refractivity contribution is -0.0651. The Morgan fingerprint density at radius 3 is 2.74 bits per heavy atom. The van der Waals surface area contributed by atoms with Gasteiger partial charge in [0.25, 0.3) is 0 Å². The Bertz CT molecular complexity index is 1080. The predicted octanol–water partition coefficient (Wildman–Crippen LogP) is 3.40. The number of allylic oxidation sites excluding steroid dienone is 2. The van der Waals surface area contributed by atoms with E-state index in [2.05, 4.69) is 34.2 Å². The van der Waals surface area contributed by atoms with Crippen LogP contribution in [0, 0.1) is 0 Å². The summed E-state index contributed by atoms with van der Waals surface area (Å²) in [7, 11) is 3.98. The zero-order valence-electron chi connectivity index (χ0n) is 17.8. The van der Waals surface area contributed by atoms with Crippen LogP contribution in [-0.4, -0.2) is 64.6 Å². The number of aromatic nitrogens is 3. The van der Waals surface area contributed by atoms with Crippen LogP contribution in [-0.2, 0) is 4.74 Å². The second kappa shape index (κ2) is 8.75. The van der Waals surface area contributed by atoms with Gasteiger partial charge in [0.15, 0.2) is 0 Å². The van der Waals surface area contributed by atoms with Gasteiger partial charge in [0.2, 0.25) is 0 Å². The zero-order valence-corrected chi connectivity index (χ0v) is 17.8. The maximum atomic E-state index is 9.89. The van der Waals surface area contributed by atoms with E-state index >= 15 is 0 Å². The second-order valence-electron chi connectivity index (χ2n) is 7.97. The van der Waals surface area contributed by atoms with Crippen molar-refractivity contribution in [2.24, 2.45) is 0 Å². The smallest absolute Gasteiger partial charge is 0.135 e. The fraction of sp³-hybridized carbons (Fsp3) is 0.250. The van der Waals surface area contributed by atoms with Crippen LogP contribution in [0.5, 0.6) is 0 Å². The number of anilines is 1. The molecular formula is C24H27N5O2. The number of nitrogens with zero attached hydrogens (tertiary/aromatic N) is 3. The summed E-state index contributed by atoms with van der Waals surface area (Å²) in [6.45, 7) is 4.79. The summed E-state index contributed by atoms with van der Waals surface area (Å²) in [5, 5.41) is 20.2. The van der Waals surface area contributed by atoms with Crippen LogP contribution in [0.3, 0.4) is 0 Å². The third-order valence-corrected chi connectivity index (χ3v) is 5.26. The summed E-state index contributed by atoms with van der Waals surface area (Å²) in [5.41, 5.74) is 5.24. The highest BCUT2D eigenvalue weighted by atomic mass is 16.5. The number of aliphatic hydroxyl groups is 1. The fourth-order valence-electron chi connectivity index (χ4n) is 3.53. The van der Waals surface area contributed by atoms with Gasteiger partial charge in [0, 0.05) is 43.2 Å². The number of benzene rings is 1. The van der Waals surface area contributed by atoms with Crippen LogP contribution in [0.25, 0.3) is 28.0 Å². The number of nitrogens with one attached hydrogen (secondary N) is 2. The fourth-order valence-corrected chi connectivity index (χ4v) is 3.53. The molecule has 1 aliphatic rings. The Hall–Kier alpha value is -3.42. The summed E-state index contributed by atoms with van der Waals surface area (Å²) in [6, 6.07) is 12.2. The normalized spacial score (nSPS) is 15.3. The highest BCUT2D eigenvalue weighted by Crippen LogP contribution is 2.33. The number of pyridine rings is 1. The molecule has 3 N–H and O–H groups in total. The minimum atomic E-state index is -0.517. The summed E-state index contributed by atoms with van der Waals surface area (Å²) in [5.74, 6) is 0.689. The molecule has 160 valence electrons. The largest absolute Gasteiger partial charge is 0.394 e. The maximum Gasteiger partial charge on any atom is 0.135 e. The van der Waals surface area contributed by atoms with E-state index in [0.717, 1.165) is 33.5 Å². The van der Waals surface area contributed by atoms with Gasteiger partial charge in [-0.1, -0.05) is 30.9 Å². The lowest BCUT2D eigenvalue weighted by atomic mass is 9.97. The minimum absolute atomic E-state index is 0.0305. The molecule has 0 bridgehead atoms. The Morgan fingerprint density at radius 1 is 1.29 bits per heavy atom. The lowest BCUT2D eigenvalue weighted by Crippen LogP contribution is -2.58. The molecule has 0 aliphatic carbocycles. The van der Waals surface area contributed by atoms with Crippen LogP contribution in [0.15, 0.2) is 67.6 Å².